The summed E-state index contributed by atoms with van der Waals surface area (Å²) in [5.74, 6) is 1.66. The Kier molecular flexibility index (Phi) is 3.78. The second-order valence-electron chi connectivity index (χ2n) is 4.45. The summed E-state index contributed by atoms with van der Waals surface area (Å²) in [4.78, 5) is 0. The first-order chi connectivity index (χ1) is 7.79. The monoisotopic (exact) mass is 223 g/mol. The van der Waals surface area contributed by atoms with Gasteiger partial charge >= 0.3 is 0 Å². The van der Waals surface area contributed by atoms with E-state index in [9.17, 15) is 4.39 Å². The number of rotatable bonds is 5. The molecule has 88 valence electrons. The van der Waals surface area contributed by atoms with Crippen LogP contribution in [0.5, 0.6) is 5.75 Å². The molecule has 0 spiro atoms. The molecule has 1 atom stereocenters. The third kappa shape index (κ3) is 2.73. The van der Waals surface area contributed by atoms with Crippen LogP contribution in [-0.4, -0.2) is 13.2 Å². The lowest BCUT2D eigenvalue weighted by Gasteiger charge is -2.32. The standard InChI is InChI=1S/C13H18FNO/c14-12-4-6-13(7-5-12)16-9-11(8-15)10-2-1-3-10/h4-7,10-11H,1-3,8-9,15H2. The van der Waals surface area contributed by atoms with Crippen molar-refractivity contribution < 1.29 is 9.13 Å². The van der Waals surface area contributed by atoms with Crippen LogP contribution < -0.4 is 10.5 Å². The van der Waals surface area contributed by atoms with Gasteiger partial charge in [-0.1, -0.05) is 6.42 Å². The van der Waals surface area contributed by atoms with Crippen LogP contribution in [0.2, 0.25) is 0 Å². The third-order valence-corrected chi connectivity index (χ3v) is 3.40. The second-order valence-corrected chi connectivity index (χ2v) is 4.45. The van der Waals surface area contributed by atoms with Crippen LogP contribution >= 0.6 is 0 Å². The van der Waals surface area contributed by atoms with Crippen LogP contribution in [0.15, 0.2) is 24.3 Å². The zero-order chi connectivity index (χ0) is 11.4. The Balaban J connectivity index is 1.83. The molecule has 0 aliphatic heterocycles. The first kappa shape index (κ1) is 11.4. The van der Waals surface area contributed by atoms with Crippen molar-refractivity contribution in [3.63, 3.8) is 0 Å². The Morgan fingerprint density at radius 1 is 1.31 bits per heavy atom. The SMILES string of the molecule is NCC(COc1ccc(F)cc1)C1CCC1. The predicted molar refractivity (Wildman–Crippen MR) is 61.8 cm³/mol. The smallest absolute Gasteiger partial charge is 0.123 e. The molecule has 0 saturated heterocycles. The lowest BCUT2D eigenvalue weighted by molar-refractivity contribution is 0.141. The number of ether oxygens (including phenoxy) is 1. The molecule has 2 N–H and O–H groups in total. The van der Waals surface area contributed by atoms with Gasteiger partial charge in [-0.25, -0.2) is 4.39 Å². The van der Waals surface area contributed by atoms with Gasteiger partial charge in [0.1, 0.15) is 11.6 Å². The van der Waals surface area contributed by atoms with E-state index in [1.54, 1.807) is 12.1 Å². The highest BCUT2D eigenvalue weighted by molar-refractivity contribution is 5.22. The highest BCUT2D eigenvalue weighted by Crippen LogP contribution is 2.33. The Labute approximate surface area is 95.6 Å². The maximum Gasteiger partial charge on any atom is 0.123 e. The normalized spacial score (nSPS) is 17.9. The Morgan fingerprint density at radius 2 is 2.00 bits per heavy atom. The van der Waals surface area contributed by atoms with Crippen molar-refractivity contribution in [2.45, 2.75) is 19.3 Å². The van der Waals surface area contributed by atoms with Crippen LogP contribution in [0.3, 0.4) is 0 Å². The molecular formula is C13H18FNO. The maximum atomic E-state index is 12.7. The second kappa shape index (κ2) is 5.30. The van der Waals surface area contributed by atoms with Gasteiger partial charge in [0, 0.05) is 5.92 Å². The van der Waals surface area contributed by atoms with E-state index in [0.717, 1.165) is 11.7 Å². The minimum absolute atomic E-state index is 0.235. The number of nitrogens with two attached hydrogens (primary N) is 1. The summed E-state index contributed by atoms with van der Waals surface area (Å²) in [5, 5.41) is 0. The van der Waals surface area contributed by atoms with Gasteiger partial charge in [-0.3, -0.25) is 0 Å². The number of hydrogen-bond acceptors (Lipinski definition) is 2. The summed E-state index contributed by atoms with van der Waals surface area (Å²) < 4.78 is 18.3. The van der Waals surface area contributed by atoms with Crippen molar-refractivity contribution in [1.29, 1.82) is 0 Å². The Bertz CT molecular complexity index is 321. The summed E-state index contributed by atoms with van der Waals surface area (Å²) in [6.07, 6.45) is 3.86. The van der Waals surface area contributed by atoms with Gasteiger partial charge in [-0.15, -0.1) is 0 Å². The van der Waals surface area contributed by atoms with Gasteiger partial charge in [-0.2, -0.15) is 0 Å². The average molecular weight is 223 g/mol. The summed E-state index contributed by atoms with van der Waals surface area (Å²) >= 11 is 0. The third-order valence-electron chi connectivity index (χ3n) is 3.40. The molecule has 2 rings (SSSR count). The zero-order valence-electron chi connectivity index (χ0n) is 9.36. The fraction of sp³-hybridized carbons (Fsp3) is 0.538. The fourth-order valence-corrected chi connectivity index (χ4v) is 2.04. The largest absolute Gasteiger partial charge is 0.493 e. The van der Waals surface area contributed by atoms with Crippen LogP contribution in [0.1, 0.15) is 19.3 Å². The van der Waals surface area contributed by atoms with E-state index < -0.39 is 0 Å². The number of halogens is 1. The molecule has 1 aromatic carbocycles. The molecule has 1 unspecified atom stereocenters. The molecule has 0 radical (unpaired) electrons. The summed E-state index contributed by atoms with van der Waals surface area (Å²) in [6, 6.07) is 6.14. The highest BCUT2D eigenvalue weighted by atomic mass is 19.1. The van der Waals surface area contributed by atoms with Gasteiger partial charge in [0.2, 0.25) is 0 Å². The molecule has 0 aromatic heterocycles. The van der Waals surface area contributed by atoms with Gasteiger partial charge in [0.15, 0.2) is 0 Å². The van der Waals surface area contributed by atoms with Gasteiger partial charge in [0.25, 0.3) is 0 Å². The summed E-state index contributed by atoms with van der Waals surface area (Å²) in [6.45, 7) is 1.32. The number of benzene rings is 1. The molecule has 0 bridgehead atoms. The van der Waals surface area contributed by atoms with Crippen LogP contribution in [-0.2, 0) is 0 Å². The number of hydrogen-bond donors (Lipinski definition) is 1. The van der Waals surface area contributed by atoms with Crippen molar-refractivity contribution in [3.05, 3.63) is 30.1 Å². The molecular weight excluding hydrogens is 205 g/mol. The topological polar surface area (TPSA) is 35.2 Å². The van der Waals surface area contributed by atoms with Crippen molar-refractivity contribution in [2.75, 3.05) is 13.2 Å². The molecule has 0 amide bonds. The first-order valence-corrected chi connectivity index (χ1v) is 5.88. The molecule has 1 aliphatic carbocycles. The Hall–Kier alpha value is -1.09. The van der Waals surface area contributed by atoms with Crippen molar-refractivity contribution in [2.24, 2.45) is 17.6 Å². The van der Waals surface area contributed by atoms with Crippen LogP contribution in [0.4, 0.5) is 4.39 Å². The van der Waals surface area contributed by atoms with E-state index in [4.69, 9.17) is 10.5 Å². The lowest BCUT2D eigenvalue weighted by atomic mass is 9.76. The van der Waals surface area contributed by atoms with Crippen molar-refractivity contribution >= 4 is 0 Å². The van der Waals surface area contributed by atoms with Crippen LogP contribution in [0.25, 0.3) is 0 Å². The van der Waals surface area contributed by atoms with Gasteiger partial charge in [-0.05, 0) is 49.6 Å². The summed E-state index contributed by atoms with van der Waals surface area (Å²) in [5.41, 5.74) is 5.73. The molecule has 1 aliphatic rings. The quantitative estimate of drug-likeness (QED) is 0.832. The van der Waals surface area contributed by atoms with E-state index in [1.807, 2.05) is 0 Å². The van der Waals surface area contributed by atoms with E-state index in [1.165, 1.54) is 31.4 Å². The van der Waals surface area contributed by atoms with E-state index >= 15 is 0 Å². The molecule has 1 aromatic rings. The lowest BCUT2D eigenvalue weighted by Crippen LogP contribution is -2.32. The van der Waals surface area contributed by atoms with E-state index in [0.29, 0.717) is 19.1 Å². The maximum absolute atomic E-state index is 12.7. The molecule has 2 nitrogen and oxygen atoms in total. The zero-order valence-corrected chi connectivity index (χ0v) is 9.36. The first-order valence-electron chi connectivity index (χ1n) is 5.88. The van der Waals surface area contributed by atoms with Crippen molar-refractivity contribution in [3.8, 4) is 5.75 Å². The predicted octanol–water partition coefficient (Wildman–Crippen LogP) is 2.58. The minimum Gasteiger partial charge on any atom is -0.493 e. The van der Waals surface area contributed by atoms with Crippen molar-refractivity contribution in [1.82, 2.24) is 0 Å². The Morgan fingerprint density at radius 3 is 2.50 bits per heavy atom. The minimum atomic E-state index is -0.235. The average Bonchev–Trinajstić information content (AvgIpc) is 2.23. The molecule has 16 heavy (non-hydrogen) atoms. The fourth-order valence-electron chi connectivity index (χ4n) is 2.04. The van der Waals surface area contributed by atoms with Gasteiger partial charge in [0.05, 0.1) is 6.61 Å². The molecule has 3 heteroatoms. The van der Waals surface area contributed by atoms with Gasteiger partial charge < -0.3 is 10.5 Å². The molecule has 0 heterocycles. The van der Waals surface area contributed by atoms with E-state index in [2.05, 4.69) is 0 Å². The van der Waals surface area contributed by atoms with E-state index in [-0.39, 0.29) is 5.82 Å². The van der Waals surface area contributed by atoms with Crippen LogP contribution in [0, 0.1) is 17.7 Å². The summed E-state index contributed by atoms with van der Waals surface area (Å²) in [7, 11) is 0. The molecule has 1 saturated carbocycles. The molecule has 1 fully saturated rings. The highest BCUT2D eigenvalue weighted by Gasteiger charge is 2.26.